The van der Waals surface area contributed by atoms with E-state index in [-0.39, 0.29) is 17.9 Å². The number of hydrogen-bond donors (Lipinski definition) is 3. The molecule has 1 aromatic carbocycles. The lowest BCUT2D eigenvalue weighted by Gasteiger charge is -2.22. The van der Waals surface area contributed by atoms with Gasteiger partial charge in [0, 0.05) is 18.0 Å². The third kappa shape index (κ3) is 2.79. The maximum atomic E-state index is 12.5. The van der Waals surface area contributed by atoms with E-state index in [0.29, 0.717) is 5.02 Å². The van der Waals surface area contributed by atoms with Crippen LogP contribution in [0, 0.1) is 0 Å². The Bertz CT molecular complexity index is 605. The first-order chi connectivity index (χ1) is 9.36. The Morgan fingerprint density at radius 3 is 2.55 bits per heavy atom. The van der Waals surface area contributed by atoms with E-state index in [4.69, 9.17) is 17.4 Å². The molecule has 7 nitrogen and oxygen atoms in total. The molecule has 1 saturated heterocycles. The lowest BCUT2D eigenvalue weighted by molar-refractivity contribution is -0.124. The number of hydrazine groups is 1. The zero-order chi connectivity index (χ0) is 14.9. The first-order valence-corrected chi connectivity index (χ1v) is 7.64. The van der Waals surface area contributed by atoms with E-state index < -0.39 is 28.1 Å². The number of nitrogens with two attached hydrogens (primary N) is 1. The van der Waals surface area contributed by atoms with Gasteiger partial charge in [-0.25, -0.2) is 14.3 Å². The summed E-state index contributed by atoms with van der Waals surface area (Å²) in [7, 11) is -3.89. The third-order valence-corrected chi connectivity index (χ3v) is 5.24. The lowest BCUT2D eigenvalue weighted by Crippen LogP contribution is -2.47. The van der Waals surface area contributed by atoms with Gasteiger partial charge in [0.15, 0.2) is 0 Å². The molecular weight excluding hydrogens is 306 g/mol. The summed E-state index contributed by atoms with van der Waals surface area (Å²) >= 11 is 5.72. The number of amides is 1. The number of aliphatic hydroxyl groups excluding tert-OH is 1. The number of aliphatic hydroxyl groups is 1. The second-order valence-electron chi connectivity index (χ2n) is 4.44. The van der Waals surface area contributed by atoms with Crippen molar-refractivity contribution in [2.24, 2.45) is 5.84 Å². The molecule has 0 saturated carbocycles. The van der Waals surface area contributed by atoms with Crippen molar-refractivity contribution < 1.29 is 18.3 Å². The number of benzene rings is 1. The Morgan fingerprint density at radius 2 is 2.00 bits per heavy atom. The average Bonchev–Trinajstić information content (AvgIpc) is 2.81. The summed E-state index contributed by atoms with van der Waals surface area (Å²) in [6.07, 6.45) is -0.894. The minimum absolute atomic E-state index is 0.00539. The largest absolute Gasteiger partial charge is 0.392 e. The van der Waals surface area contributed by atoms with E-state index in [1.165, 1.54) is 24.3 Å². The summed E-state index contributed by atoms with van der Waals surface area (Å²) in [4.78, 5) is 11.6. The number of nitrogens with one attached hydrogen (secondary N) is 1. The summed E-state index contributed by atoms with van der Waals surface area (Å²) in [5, 5.41) is 10.0. The summed E-state index contributed by atoms with van der Waals surface area (Å²) in [6.45, 7) is -0.150. The maximum Gasteiger partial charge on any atom is 0.252 e. The van der Waals surface area contributed by atoms with Gasteiger partial charge in [-0.3, -0.25) is 10.2 Å². The second-order valence-corrected chi connectivity index (χ2v) is 6.77. The van der Waals surface area contributed by atoms with E-state index in [0.717, 1.165) is 4.31 Å². The molecule has 2 atom stereocenters. The molecule has 1 aromatic rings. The van der Waals surface area contributed by atoms with Crippen LogP contribution in [0.15, 0.2) is 29.2 Å². The van der Waals surface area contributed by atoms with Gasteiger partial charge < -0.3 is 5.11 Å². The summed E-state index contributed by atoms with van der Waals surface area (Å²) in [6, 6.07) is 4.56. The van der Waals surface area contributed by atoms with Crippen molar-refractivity contribution in [3.63, 3.8) is 0 Å². The van der Waals surface area contributed by atoms with Gasteiger partial charge in [0.05, 0.1) is 11.0 Å². The standard InChI is InChI=1S/C11H14ClN3O4S/c12-7-1-3-9(4-2-7)20(18,19)15-6-8(16)5-10(15)11(17)14-13/h1-4,8,10,16H,5-6,13H2,(H,14,17)/t8-,10-/m1/s1. The molecule has 1 fully saturated rings. The van der Waals surface area contributed by atoms with Crippen molar-refractivity contribution in [2.45, 2.75) is 23.5 Å². The van der Waals surface area contributed by atoms with Crippen molar-refractivity contribution in [3.8, 4) is 0 Å². The molecule has 0 spiro atoms. The lowest BCUT2D eigenvalue weighted by atomic mass is 10.2. The van der Waals surface area contributed by atoms with E-state index >= 15 is 0 Å². The summed E-state index contributed by atoms with van der Waals surface area (Å²) < 4.78 is 25.9. The van der Waals surface area contributed by atoms with E-state index in [1.807, 2.05) is 5.43 Å². The highest BCUT2D eigenvalue weighted by atomic mass is 35.5. The third-order valence-electron chi connectivity index (χ3n) is 3.10. The molecule has 110 valence electrons. The van der Waals surface area contributed by atoms with Crippen molar-refractivity contribution in [3.05, 3.63) is 29.3 Å². The molecule has 0 unspecified atom stereocenters. The highest BCUT2D eigenvalue weighted by molar-refractivity contribution is 7.89. The van der Waals surface area contributed by atoms with Crippen LogP contribution in [-0.2, 0) is 14.8 Å². The first kappa shape index (κ1) is 15.2. The minimum Gasteiger partial charge on any atom is -0.392 e. The van der Waals surface area contributed by atoms with Crippen molar-refractivity contribution in [2.75, 3.05) is 6.54 Å². The topological polar surface area (TPSA) is 113 Å². The minimum atomic E-state index is -3.89. The second kappa shape index (κ2) is 5.66. The highest BCUT2D eigenvalue weighted by Crippen LogP contribution is 2.27. The van der Waals surface area contributed by atoms with Crippen LogP contribution in [0.5, 0.6) is 0 Å². The van der Waals surface area contributed by atoms with E-state index in [1.54, 1.807) is 0 Å². The molecule has 1 aliphatic rings. The molecule has 0 aromatic heterocycles. The number of halogens is 1. The Hall–Kier alpha value is -1.19. The van der Waals surface area contributed by atoms with Crippen LogP contribution >= 0.6 is 11.6 Å². The average molecular weight is 320 g/mol. The molecule has 2 rings (SSSR count). The zero-order valence-electron chi connectivity index (χ0n) is 10.4. The number of hydrogen-bond acceptors (Lipinski definition) is 5. The van der Waals surface area contributed by atoms with Gasteiger partial charge in [-0.2, -0.15) is 4.31 Å². The van der Waals surface area contributed by atoms with Crippen LogP contribution in [0.25, 0.3) is 0 Å². The van der Waals surface area contributed by atoms with Gasteiger partial charge >= 0.3 is 0 Å². The van der Waals surface area contributed by atoms with Gasteiger partial charge in [0.25, 0.3) is 5.91 Å². The molecule has 1 aliphatic heterocycles. The van der Waals surface area contributed by atoms with Gasteiger partial charge in [0.2, 0.25) is 10.0 Å². The Kier molecular flexibility index (Phi) is 4.31. The fourth-order valence-corrected chi connectivity index (χ4v) is 3.89. The summed E-state index contributed by atoms with van der Waals surface area (Å²) in [5.74, 6) is 4.39. The van der Waals surface area contributed by atoms with Crippen molar-refractivity contribution >= 4 is 27.5 Å². The van der Waals surface area contributed by atoms with E-state index in [9.17, 15) is 18.3 Å². The van der Waals surface area contributed by atoms with Crippen LogP contribution in [0.4, 0.5) is 0 Å². The molecule has 0 radical (unpaired) electrons. The number of nitrogens with zero attached hydrogens (tertiary/aromatic N) is 1. The Morgan fingerprint density at radius 1 is 1.40 bits per heavy atom. The van der Waals surface area contributed by atoms with Crippen LogP contribution in [0.1, 0.15) is 6.42 Å². The molecule has 1 amide bonds. The number of sulfonamides is 1. The quantitative estimate of drug-likeness (QED) is 0.393. The predicted molar refractivity (Wildman–Crippen MR) is 72.1 cm³/mol. The van der Waals surface area contributed by atoms with Crippen LogP contribution in [-0.4, -0.2) is 42.4 Å². The van der Waals surface area contributed by atoms with Gasteiger partial charge in [-0.15, -0.1) is 0 Å². The normalized spacial score (nSPS) is 23.8. The highest BCUT2D eigenvalue weighted by Gasteiger charge is 2.43. The monoisotopic (exact) mass is 319 g/mol. The Labute approximate surface area is 121 Å². The zero-order valence-corrected chi connectivity index (χ0v) is 11.9. The molecule has 0 aliphatic carbocycles. The number of rotatable bonds is 3. The van der Waals surface area contributed by atoms with Crippen LogP contribution < -0.4 is 11.3 Å². The van der Waals surface area contributed by atoms with Gasteiger partial charge in [-0.05, 0) is 24.3 Å². The number of carbonyl (C=O) groups excluding carboxylic acids is 1. The van der Waals surface area contributed by atoms with Crippen LogP contribution in [0.3, 0.4) is 0 Å². The van der Waals surface area contributed by atoms with Gasteiger partial charge in [0.1, 0.15) is 6.04 Å². The maximum absolute atomic E-state index is 12.5. The van der Waals surface area contributed by atoms with Crippen molar-refractivity contribution in [1.29, 1.82) is 0 Å². The molecule has 9 heteroatoms. The van der Waals surface area contributed by atoms with Crippen LogP contribution in [0.2, 0.25) is 5.02 Å². The summed E-state index contributed by atoms with van der Waals surface area (Å²) in [5.41, 5.74) is 1.91. The molecular formula is C11H14ClN3O4S. The molecule has 0 bridgehead atoms. The molecule has 1 heterocycles. The molecule has 20 heavy (non-hydrogen) atoms. The fourth-order valence-electron chi connectivity index (χ4n) is 2.13. The smallest absolute Gasteiger partial charge is 0.252 e. The SMILES string of the molecule is NNC(=O)[C@H]1C[C@@H](O)CN1S(=O)(=O)c1ccc(Cl)cc1. The molecule has 4 N–H and O–H groups in total. The van der Waals surface area contributed by atoms with Crippen molar-refractivity contribution in [1.82, 2.24) is 9.73 Å². The number of β-amino-alcohol motifs (C(OH)–C–C–N with tert-alkyl or cyclic N) is 1. The number of carbonyl (C=O) groups is 1. The van der Waals surface area contributed by atoms with Gasteiger partial charge in [-0.1, -0.05) is 11.6 Å². The Balaban J connectivity index is 2.37. The van der Waals surface area contributed by atoms with E-state index in [2.05, 4.69) is 0 Å². The first-order valence-electron chi connectivity index (χ1n) is 5.82. The fraction of sp³-hybridized carbons (Fsp3) is 0.364. The predicted octanol–water partition coefficient (Wildman–Crippen LogP) is -0.546.